The molecular weight excluding hydrogens is 533 g/mol. The molecule has 3 heterocycles. The minimum Gasteiger partial charge on any atom is -0.348 e. The van der Waals surface area contributed by atoms with Crippen LogP contribution >= 0.6 is 21.3 Å². The molecule has 0 saturated carbocycles. The number of likely N-dealkylation sites (tertiary alicyclic amines) is 1. The van der Waals surface area contributed by atoms with Gasteiger partial charge in [0.15, 0.2) is 27.1 Å². The van der Waals surface area contributed by atoms with Crippen molar-refractivity contribution >= 4 is 44.5 Å². The molecular formula is C21H23F2IN6O2. The van der Waals surface area contributed by atoms with Crippen LogP contribution in [0.15, 0.2) is 49.1 Å². The lowest BCUT2D eigenvalue weighted by Gasteiger charge is -2.28. The maximum absolute atomic E-state index is 13.6. The number of hydrogen-bond donors (Lipinski definition) is 1. The monoisotopic (exact) mass is 556 g/mol. The summed E-state index contributed by atoms with van der Waals surface area (Å²) in [5, 5.41) is 1.76. The number of fused-ring (bicyclic) bond motifs is 1. The standard InChI is InChI=1S/C21H23F2IN6O2/c1-28(2)19(31)17(18(25)20(32)29-10-9-21(22,23)12-29)14-5-3-13(4-6-14)15-7-8-16-26-24-27-30(16)11-15/h3-8,11,17-18H,9-10,12,25H2,1-2H3/t17-,18?/m0/s1. The van der Waals surface area contributed by atoms with Crippen LogP contribution in [0.4, 0.5) is 8.78 Å². The van der Waals surface area contributed by atoms with Crippen LogP contribution < -0.4 is 5.73 Å². The summed E-state index contributed by atoms with van der Waals surface area (Å²) in [4.78, 5) is 28.2. The minimum atomic E-state index is -2.92. The fourth-order valence-corrected chi connectivity index (χ4v) is 5.07. The molecule has 3 aliphatic heterocycles. The van der Waals surface area contributed by atoms with Gasteiger partial charge in [-0.25, -0.2) is 13.8 Å². The number of amides is 2. The Balaban J connectivity index is 1.58. The topological polar surface area (TPSA) is 94.6 Å². The average molecular weight is 556 g/mol. The third kappa shape index (κ3) is 4.49. The van der Waals surface area contributed by atoms with Crippen LogP contribution in [-0.2, 0) is 9.59 Å². The summed E-state index contributed by atoms with van der Waals surface area (Å²) in [5.41, 5.74) is 8.59. The van der Waals surface area contributed by atoms with Gasteiger partial charge >= 0.3 is 0 Å². The molecule has 1 aromatic carbocycles. The summed E-state index contributed by atoms with van der Waals surface area (Å²) in [7, 11) is 3.15. The van der Waals surface area contributed by atoms with Crippen molar-refractivity contribution in [2.24, 2.45) is 12.2 Å². The van der Waals surface area contributed by atoms with Gasteiger partial charge in [-0.1, -0.05) is 24.3 Å². The number of amidine groups is 1. The molecule has 1 saturated heterocycles. The van der Waals surface area contributed by atoms with E-state index in [0.29, 0.717) is 5.56 Å². The molecule has 8 nitrogen and oxygen atoms in total. The number of allylic oxidation sites excluding steroid dienone is 2. The van der Waals surface area contributed by atoms with Crippen molar-refractivity contribution in [2.75, 3.05) is 27.2 Å². The van der Waals surface area contributed by atoms with E-state index in [-0.39, 0.29) is 12.5 Å². The normalized spacial score (nSPS) is 20.8. The summed E-state index contributed by atoms with van der Waals surface area (Å²) in [6, 6.07) is 5.93. The first-order valence-electron chi connectivity index (χ1n) is 10.0. The van der Waals surface area contributed by atoms with E-state index >= 15 is 0 Å². The smallest absolute Gasteiger partial charge is 0.267 e. The van der Waals surface area contributed by atoms with Crippen molar-refractivity contribution in [1.82, 2.24) is 14.8 Å². The number of benzene rings is 1. The number of alkyl halides is 2. The van der Waals surface area contributed by atoms with Gasteiger partial charge in [0.1, 0.15) is 6.04 Å². The van der Waals surface area contributed by atoms with Gasteiger partial charge in [0.2, 0.25) is 11.8 Å². The third-order valence-corrected chi connectivity index (χ3v) is 6.95. The highest BCUT2D eigenvalue weighted by Gasteiger charge is 2.44. The first-order chi connectivity index (χ1) is 15.2. The summed E-state index contributed by atoms with van der Waals surface area (Å²) in [6.45, 7) is -0.742. The van der Waals surface area contributed by atoms with Crippen molar-refractivity contribution in [2.45, 2.75) is 24.3 Å². The largest absolute Gasteiger partial charge is 0.348 e. The number of nitrogens with zero attached hydrogens (tertiary/aromatic N) is 5. The first-order valence-corrected chi connectivity index (χ1v) is 11.9. The van der Waals surface area contributed by atoms with Crippen molar-refractivity contribution in [3.8, 4) is 0 Å². The maximum atomic E-state index is 13.6. The van der Waals surface area contributed by atoms with E-state index in [0.717, 1.165) is 21.9 Å². The fraction of sp³-hybridized carbons (Fsp3) is 0.381. The van der Waals surface area contributed by atoms with Crippen LogP contribution in [0.3, 0.4) is 0 Å². The number of hydrogen-bond acceptors (Lipinski definition) is 6. The van der Waals surface area contributed by atoms with Crippen LogP contribution in [-0.4, -0.2) is 71.6 Å². The van der Waals surface area contributed by atoms with Gasteiger partial charge in [0, 0.05) is 38.8 Å². The van der Waals surface area contributed by atoms with E-state index in [1.165, 1.54) is 4.90 Å². The van der Waals surface area contributed by atoms with Crippen molar-refractivity contribution in [3.05, 3.63) is 53.7 Å². The Morgan fingerprint density at radius 2 is 1.94 bits per heavy atom. The second-order valence-electron chi connectivity index (χ2n) is 8.08. The minimum absolute atomic E-state index is 0.0725. The molecule has 32 heavy (non-hydrogen) atoms. The second kappa shape index (κ2) is 8.77. The Hall–Kier alpha value is -2.54. The lowest BCUT2D eigenvalue weighted by Crippen LogP contribution is -2.50. The maximum Gasteiger partial charge on any atom is 0.267 e. The molecule has 11 heteroatoms. The molecule has 2 amide bonds. The predicted octanol–water partition coefficient (Wildman–Crippen LogP) is 2.66. The molecule has 170 valence electrons. The lowest BCUT2D eigenvalue weighted by atomic mass is 9.88. The predicted molar refractivity (Wildman–Crippen MR) is 125 cm³/mol. The SMILES string of the molecule is CN(C)C(=O)[C@@H](c1ccc(C2=CN3N=IN=C3C=C2)cc1)C(N)C(=O)N1CCC(F)(F)C1. The fourth-order valence-electron chi connectivity index (χ4n) is 3.81. The average Bonchev–Trinajstić information content (AvgIpc) is 3.38. The number of halogens is 3. The Bertz CT molecular complexity index is 1050. The van der Waals surface area contributed by atoms with E-state index in [2.05, 4.69) is 6.46 Å². The van der Waals surface area contributed by atoms with E-state index in [9.17, 15) is 18.4 Å². The quantitative estimate of drug-likeness (QED) is 0.565. The van der Waals surface area contributed by atoms with Crippen molar-refractivity contribution in [3.63, 3.8) is 0 Å². The molecule has 1 fully saturated rings. The molecule has 2 N–H and O–H groups in total. The van der Waals surface area contributed by atoms with Crippen LogP contribution in [0.5, 0.6) is 0 Å². The van der Waals surface area contributed by atoms with Gasteiger partial charge in [-0.05, 0) is 23.3 Å². The van der Waals surface area contributed by atoms with Crippen molar-refractivity contribution < 1.29 is 18.4 Å². The Morgan fingerprint density at radius 3 is 2.56 bits per heavy atom. The van der Waals surface area contributed by atoms with Crippen molar-refractivity contribution in [1.29, 1.82) is 0 Å². The van der Waals surface area contributed by atoms with Gasteiger partial charge in [0.05, 0.1) is 12.5 Å². The highest BCUT2D eigenvalue weighted by molar-refractivity contribution is 14.1. The van der Waals surface area contributed by atoms with Gasteiger partial charge < -0.3 is 15.5 Å². The number of carbonyl (C=O) groups is 2. The highest BCUT2D eigenvalue weighted by Crippen LogP contribution is 2.31. The summed E-state index contributed by atoms with van der Waals surface area (Å²) >= 11 is -0.549. The molecule has 0 spiro atoms. The van der Waals surface area contributed by atoms with Crippen LogP contribution in [0.1, 0.15) is 23.5 Å². The number of likely N-dealkylation sites (N-methyl/N-ethyl adjacent to an activating group) is 1. The lowest BCUT2D eigenvalue weighted by molar-refractivity contribution is -0.139. The zero-order valence-corrected chi connectivity index (χ0v) is 19.7. The van der Waals surface area contributed by atoms with Gasteiger partial charge in [-0.2, -0.15) is 3.21 Å². The van der Waals surface area contributed by atoms with E-state index in [1.54, 1.807) is 31.2 Å². The molecule has 0 bridgehead atoms. The molecule has 1 aromatic rings. The van der Waals surface area contributed by atoms with E-state index in [4.69, 9.17) is 5.73 Å². The molecule has 2 atom stereocenters. The highest BCUT2D eigenvalue weighted by atomic mass is 127. The first kappa shape index (κ1) is 22.6. The molecule has 3 aliphatic rings. The van der Waals surface area contributed by atoms with E-state index in [1.807, 2.05) is 30.5 Å². The molecule has 1 unspecified atom stereocenters. The summed E-state index contributed by atoms with van der Waals surface area (Å²) in [5.74, 6) is -4.08. The van der Waals surface area contributed by atoms with Crippen LogP contribution in [0.2, 0.25) is 0 Å². The number of carbonyl (C=O) groups excluding carboxylic acids is 2. The zero-order chi connectivity index (χ0) is 23.0. The van der Waals surface area contributed by atoms with Crippen LogP contribution in [0, 0.1) is 0 Å². The van der Waals surface area contributed by atoms with Gasteiger partial charge in [-0.3, -0.25) is 9.59 Å². The number of rotatable bonds is 5. The summed E-state index contributed by atoms with van der Waals surface area (Å²) < 4.78 is 35.9. The zero-order valence-electron chi connectivity index (χ0n) is 17.6. The molecule has 0 aliphatic carbocycles. The Labute approximate surface area is 194 Å². The van der Waals surface area contributed by atoms with Gasteiger partial charge in [0.25, 0.3) is 5.92 Å². The third-order valence-electron chi connectivity index (χ3n) is 5.58. The Kier molecular flexibility index (Phi) is 6.21. The second-order valence-corrected chi connectivity index (χ2v) is 9.43. The van der Waals surface area contributed by atoms with Crippen LogP contribution in [0.25, 0.3) is 5.57 Å². The molecule has 4 rings (SSSR count). The number of nitrogens with two attached hydrogens (primary N) is 1. The van der Waals surface area contributed by atoms with Gasteiger partial charge in [-0.15, -0.1) is 3.25 Å². The van der Waals surface area contributed by atoms with E-state index < -0.39 is 58.1 Å². The summed E-state index contributed by atoms with van der Waals surface area (Å²) in [6.07, 6.45) is 5.34. The molecule has 0 aromatic heterocycles. The molecule has 0 radical (unpaired) electrons. The Morgan fingerprint density at radius 1 is 1.22 bits per heavy atom.